The van der Waals surface area contributed by atoms with Crippen LogP contribution in [0.3, 0.4) is 0 Å². The summed E-state index contributed by atoms with van der Waals surface area (Å²) in [6.07, 6.45) is 0.595. The fourth-order valence-electron chi connectivity index (χ4n) is 2.00. The lowest BCUT2D eigenvalue weighted by Crippen LogP contribution is -2.07. The van der Waals surface area contributed by atoms with Gasteiger partial charge in [-0.05, 0) is 42.2 Å². The minimum absolute atomic E-state index is 0.257. The Morgan fingerprint density at radius 1 is 1.16 bits per heavy atom. The summed E-state index contributed by atoms with van der Waals surface area (Å²) in [7, 11) is 0. The van der Waals surface area contributed by atoms with Gasteiger partial charge in [0.25, 0.3) is 0 Å². The fourth-order valence-corrected chi connectivity index (χ4v) is 2.00. The zero-order valence-corrected chi connectivity index (χ0v) is 10.6. The van der Waals surface area contributed by atoms with Gasteiger partial charge in [0, 0.05) is 0 Å². The van der Waals surface area contributed by atoms with Gasteiger partial charge in [-0.2, -0.15) is 0 Å². The summed E-state index contributed by atoms with van der Waals surface area (Å²) in [6, 6.07) is 13.9. The molecule has 1 N–H and O–H groups in total. The molecule has 0 fully saturated rings. The van der Waals surface area contributed by atoms with E-state index in [0.717, 1.165) is 16.7 Å². The minimum Gasteiger partial charge on any atom is -0.481 e. The van der Waals surface area contributed by atoms with Gasteiger partial charge in [0.05, 0.1) is 5.92 Å². The van der Waals surface area contributed by atoms with Crippen LogP contribution in [-0.4, -0.2) is 11.1 Å². The third-order valence-corrected chi connectivity index (χ3v) is 3.12. The monoisotopic (exact) mass is 258 g/mol. The van der Waals surface area contributed by atoms with E-state index in [4.69, 9.17) is 5.11 Å². The molecule has 2 nitrogen and oxygen atoms in total. The van der Waals surface area contributed by atoms with Gasteiger partial charge < -0.3 is 5.11 Å². The van der Waals surface area contributed by atoms with Crippen LogP contribution >= 0.6 is 0 Å². The Hall–Kier alpha value is -2.16. The molecular formula is C16H15FO2. The highest BCUT2D eigenvalue weighted by Gasteiger charge is 2.13. The van der Waals surface area contributed by atoms with Crippen molar-refractivity contribution in [1.82, 2.24) is 0 Å². The zero-order valence-electron chi connectivity index (χ0n) is 10.6. The molecule has 19 heavy (non-hydrogen) atoms. The van der Waals surface area contributed by atoms with Gasteiger partial charge in [0.15, 0.2) is 0 Å². The molecule has 0 amide bonds. The number of hydrogen-bond acceptors (Lipinski definition) is 1. The highest BCUT2D eigenvalue weighted by Crippen LogP contribution is 2.19. The number of benzene rings is 2. The van der Waals surface area contributed by atoms with Crippen molar-refractivity contribution in [3.63, 3.8) is 0 Å². The average molecular weight is 258 g/mol. The molecule has 2 rings (SSSR count). The maximum atomic E-state index is 13.1. The summed E-state index contributed by atoms with van der Waals surface area (Å²) >= 11 is 0. The molecule has 0 saturated heterocycles. The molecule has 2 aromatic carbocycles. The van der Waals surface area contributed by atoms with Crippen molar-refractivity contribution < 1.29 is 14.3 Å². The molecule has 0 aliphatic carbocycles. The first-order valence-electron chi connectivity index (χ1n) is 6.12. The van der Waals surface area contributed by atoms with E-state index in [1.807, 2.05) is 24.3 Å². The van der Waals surface area contributed by atoms with Crippen LogP contribution < -0.4 is 0 Å². The van der Waals surface area contributed by atoms with Crippen LogP contribution in [0.2, 0.25) is 0 Å². The van der Waals surface area contributed by atoms with E-state index in [1.165, 1.54) is 12.1 Å². The molecule has 1 unspecified atom stereocenters. The smallest absolute Gasteiger partial charge is 0.310 e. The molecule has 0 saturated carbocycles. The van der Waals surface area contributed by atoms with E-state index in [2.05, 4.69) is 0 Å². The average Bonchev–Trinajstić information content (AvgIpc) is 2.38. The Bertz CT molecular complexity index is 593. The maximum absolute atomic E-state index is 13.1. The predicted octanol–water partition coefficient (Wildman–Crippen LogP) is 3.60. The van der Waals surface area contributed by atoms with Crippen molar-refractivity contribution in [3.8, 4) is 0 Å². The number of carboxylic acids is 1. The highest BCUT2D eigenvalue weighted by molar-refractivity contribution is 5.75. The quantitative estimate of drug-likeness (QED) is 0.909. The Morgan fingerprint density at radius 3 is 2.42 bits per heavy atom. The molecule has 0 bridgehead atoms. The summed E-state index contributed by atoms with van der Waals surface area (Å²) in [5.41, 5.74) is 2.62. The molecule has 0 aromatic heterocycles. The van der Waals surface area contributed by atoms with Crippen molar-refractivity contribution in [1.29, 1.82) is 0 Å². The molecule has 98 valence electrons. The molecule has 0 heterocycles. The third kappa shape index (κ3) is 3.41. The first-order chi connectivity index (χ1) is 9.06. The van der Waals surface area contributed by atoms with Gasteiger partial charge in [-0.15, -0.1) is 0 Å². The van der Waals surface area contributed by atoms with Crippen LogP contribution in [0.15, 0.2) is 48.5 Å². The number of halogens is 1. The van der Waals surface area contributed by atoms with Crippen molar-refractivity contribution in [2.24, 2.45) is 0 Å². The van der Waals surface area contributed by atoms with Crippen molar-refractivity contribution >= 4 is 5.97 Å². The third-order valence-electron chi connectivity index (χ3n) is 3.12. The lowest BCUT2D eigenvalue weighted by molar-refractivity contribution is -0.138. The standard InChI is InChI=1S/C16H15FO2/c1-11(16(18)19)14-6-2-4-12(9-14)8-13-5-3-7-15(17)10-13/h2-7,9-11H,8H2,1H3,(H,18,19). The van der Waals surface area contributed by atoms with Crippen LogP contribution in [0, 0.1) is 5.82 Å². The van der Waals surface area contributed by atoms with Crippen LogP contribution in [0.1, 0.15) is 29.5 Å². The Balaban J connectivity index is 2.22. The summed E-state index contributed by atoms with van der Waals surface area (Å²) in [4.78, 5) is 11.0. The Morgan fingerprint density at radius 2 is 1.79 bits per heavy atom. The predicted molar refractivity (Wildman–Crippen MR) is 71.7 cm³/mol. The normalized spacial score (nSPS) is 12.1. The summed E-state index contributed by atoms with van der Waals surface area (Å²) in [5, 5.41) is 9.00. The largest absolute Gasteiger partial charge is 0.481 e. The first kappa shape index (κ1) is 13.3. The van der Waals surface area contributed by atoms with E-state index in [1.54, 1.807) is 19.1 Å². The summed E-state index contributed by atoms with van der Waals surface area (Å²) < 4.78 is 13.1. The van der Waals surface area contributed by atoms with Crippen LogP contribution in [0.4, 0.5) is 4.39 Å². The topological polar surface area (TPSA) is 37.3 Å². The van der Waals surface area contributed by atoms with Crippen LogP contribution in [-0.2, 0) is 11.2 Å². The number of aliphatic carboxylic acids is 1. The van der Waals surface area contributed by atoms with Crippen molar-refractivity contribution in [2.75, 3.05) is 0 Å². The lowest BCUT2D eigenvalue weighted by atomic mass is 9.96. The molecule has 0 aliphatic rings. The number of carbonyl (C=O) groups is 1. The number of hydrogen-bond donors (Lipinski definition) is 1. The van der Waals surface area contributed by atoms with Crippen LogP contribution in [0.5, 0.6) is 0 Å². The van der Waals surface area contributed by atoms with E-state index in [0.29, 0.717) is 6.42 Å². The molecule has 1 atom stereocenters. The van der Waals surface area contributed by atoms with Gasteiger partial charge >= 0.3 is 5.97 Å². The molecule has 0 aliphatic heterocycles. The zero-order chi connectivity index (χ0) is 13.8. The van der Waals surface area contributed by atoms with Gasteiger partial charge in [-0.3, -0.25) is 4.79 Å². The molecule has 3 heteroatoms. The molecule has 0 radical (unpaired) electrons. The van der Waals surface area contributed by atoms with E-state index >= 15 is 0 Å². The highest BCUT2D eigenvalue weighted by atomic mass is 19.1. The van der Waals surface area contributed by atoms with Gasteiger partial charge in [0.2, 0.25) is 0 Å². The SMILES string of the molecule is CC(C(=O)O)c1cccc(Cc2cccc(F)c2)c1. The summed E-state index contributed by atoms with van der Waals surface area (Å²) in [5.74, 6) is -1.64. The Kier molecular flexibility index (Phi) is 3.95. The van der Waals surface area contributed by atoms with E-state index < -0.39 is 11.9 Å². The van der Waals surface area contributed by atoms with E-state index in [9.17, 15) is 9.18 Å². The second-order valence-electron chi connectivity index (χ2n) is 4.61. The number of rotatable bonds is 4. The second-order valence-corrected chi connectivity index (χ2v) is 4.61. The van der Waals surface area contributed by atoms with E-state index in [-0.39, 0.29) is 5.82 Å². The number of carboxylic acid groups (broad SMARTS) is 1. The first-order valence-corrected chi connectivity index (χ1v) is 6.12. The van der Waals surface area contributed by atoms with Gasteiger partial charge in [-0.1, -0.05) is 36.4 Å². The maximum Gasteiger partial charge on any atom is 0.310 e. The van der Waals surface area contributed by atoms with Gasteiger partial charge in [0.1, 0.15) is 5.82 Å². The van der Waals surface area contributed by atoms with Gasteiger partial charge in [-0.25, -0.2) is 4.39 Å². The molecular weight excluding hydrogens is 243 g/mol. The fraction of sp³-hybridized carbons (Fsp3) is 0.188. The second kappa shape index (κ2) is 5.65. The van der Waals surface area contributed by atoms with Crippen molar-refractivity contribution in [2.45, 2.75) is 19.3 Å². The van der Waals surface area contributed by atoms with Crippen LogP contribution in [0.25, 0.3) is 0 Å². The van der Waals surface area contributed by atoms with Crippen molar-refractivity contribution in [3.05, 3.63) is 71.0 Å². The molecule has 0 spiro atoms. The summed E-state index contributed by atoms with van der Waals surface area (Å²) in [6.45, 7) is 1.66. The molecule has 2 aromatic rings. The Labute approximate surface area is 111 Å². The minimum atomic E-state index is -0.845. The lowest BCUT2D eigenvalue weighted by Gasteiger charge is -2.09.